The highest BCUT2D eigenvalue weighted by atomic mass is 16.6. The molecule has 1 aromatic carbocycles. The van der Waals surface area contributed by atoms with E-state index in [2.05, 4.69) is 20.8 Å². The molecule has 0 saturated heterocycles. The molecule has 2 aliphatic carbocycles. The van der Waals surface area contributed by atoms with Crippen LogP contribution in [0.1, 0.15) is 71.3 Å². The Morgan fingerprint density at radius 3 is 2.57 bits per heavy atom. The van der Waals surface area contributed by atoms with Crippen LogP contribution in [-0.4, -0.2) is 35.5 Å². The van der Waals surface area contributed by atoms with Crippen molar-refractivity contribution in [3.8, 4) is 0 Å². The maximum Gasteiger partial charge on any atom is 0.338 e. The predicted molar refractivity (Wildman–Crippen MR) is 120 cm³/mol. The van der Waals surface area contributed by atoms with Crippen LogP contribution in [0.5, 0.6) is 0 Å². The Labute approximate surface area is 181 Å². The molecule has 2 saturated carbocycles. The summed E-state index contributed by atoms with van der Waals surface area (Å²) in [7, 11) is 0. The summed E-state index contributed by atoms with van der Waals surface area (Å²) >= 11 is 0. The van der Waals surface area contributed by atoms with Crippen LogP contribution in [0.4, 0.5) is 0 Å². The average Bonchev–Trinajstić information content (AvgIpc) is 3.15. The Balaban J connectivity index is 1.66. The molecule has 3 rings (SSSR count). The highest BCUT2D eigenvalue weighted by molar-refractivity contribution is 5.76. The van der Waals surface area contributed by atoms with Crippen LogP contribution in [-0.2, 0) is 14.3 Å². The third-order valence-corrected chi connectivity index (χ3v) is 6.87. The first kappa shape index (κ1) is 23.0. The highest BCUT2D eigenvalue weighted by Gasteiger charge is 2.46. The summed E-state index contributed by atoms with van der Waals surface area (Å²) in [6, 6.07) is 9.98. The van der Waals surface area contributed by atoms with E-state index in [0.717, 1.165) is 31.2 Å². The van der Waals surface area contributed by atoms with Gasteiger partial charge in [0.15, 0.2) is 6.10 Å². The second-order valence-electron chi connectivity index (χ2n) is 9.64. The van der Waals surface area contributed by atoms with E-state index in [9.17, 15) is 9.90 Å². The van der Waals surface area contributed by atoms with Crippen LogP contribution in [0.2, 0.25) is 0 Å². The number of carbonyl (C=O) groups is 1. The fourth-order valence-corrected chi connectivity index (χ4v) is 5.05. The Morgan fingerprint density at radius 2 is 1.90 bits per heavy atom. The van der Waals surface area contributed by atoms with E-state index in [-0.39, 0.29) is 12.7 Å². The second-order valence-corrected chi connectivity index (χ2v) is 9.64. The van der Waals surface area contributed by atoms with Gasteiger partial charge in [0, 0.05) is 0 Å². The van der Waals surface area contributed by atoms with Crippen molar-refractivity contribution in [3.05, 3.63) is 42.0 Å². The third kappa shape index (κ3) is 5.95. The number of aliphatic hydroxyl groups is 1. The fourth-order valence-electron chi connectivity index (χ4n) is 5.05. The van der Waals surface area contributed by atoms with Crippen molar-refractivity contribution in [3.63, 3.8) is 0 Å². The Kier molecular flexibility index (Phi) is 8.13. The van der Waals surface area contributed by atoms with Crippen LogP contribution in [0, 0.1) is 17.8 Å². The van der Waals surface area contributed by atoms with Crippen molar-refractivity contribution >= 4 is 12.0 Å². The molecule has 0 radical (unpaired) electrons. The van der Waals surface area contributed by atoms with Crippen molar-refractivity contribution in [1.29, 1.82) is 0 Å². The number of rotatable bonds is 8. The first-order chi connectivity index (χ1) is 14.4. The van der Waals surface area contributed by atoms with Crippen molar-refractivity contribution in [2.24, 2.45) is 17.8 Å². The van der Waals surface area contributed by atoms with Gasteiger partial charge in [0.05, 0.1) is 6.61 Å². The first-order valence-corrected chi connectivity index (χ1v) is 11.6. The van der Waals surface area contributed by atoms with Gasteiger partial charge in [0.25, 0.3) is 0 Å². The topological polar surface area (TPSA) is 55.8 Å². The summed E-state index contributed by atoms with van der Waals surface area (Å²) in [4.78, 5) is 13.2. The molecule has 2 aliphatic rings. The van der Waals surface area contributed by atoms with Crippen LogP contribution in [0.25, 0.3) is 6.08 Å². The summed E-state index contributed by atoms with van der Waals surface area (Å²) in [6.45, 7) is 6.90. The van der Waals surface area contributed by atoms with E-state index in [1.165, 1.54) is 6.42 Å². The zero-order valence-corrected chi connectivity index (χ0v) is 18.8. The van der Waals surface area contributed by atoms with Gasteiger partial charge in [-0.3, -0.25) is 0 Å². The van der Waals surface area contributed by atoms with Crippen molar-refractivity contribution in [2.45, 2.75) is 83.5 Å². The molecule has 166 valence electrons. The molecule has 0 amide bonds. The molecule has 0 spiro atoms. The zero-order chi connectivity index (χ0) is 21.6. The Hall–Kier alpha value is -1.65. The third-order valence-electron chi connectivity index (χ3n) is 6.87. The van der Waals surface area contributed by atoms with Gasteiger partial charge >= 0.3 is 5.97 Å². The fraction of sp³-hybridized carbons (Fsp3) is 0.654. The second kappa shape index (κ2) is 10.6. The number of ether oxygens (including phenoxy) is 2. The van der Waals surface area contributed by atoms with E-state index >= 15 is 0 Å². The molecule has 4 heteroatoms. The first-order valence-electron chi connectivity index (χ1n) is 11.6. The monoisotopic (exact) mass is 414 g/mol. The van der Waals surface area contributed by atoms with Gasteiger partial charge in [-0.05, 0) is 49.0 Å². The SMILES string of the molecule is CC(C)[C@@H]1CC[C@@H](C)C[C@H]1OC(=O)C(OC/C=C\c1ccccc1)C1(O)CCCC1. The minimum atomic E-state index is -1.12. The molecule has 2 fully saturated rings. The normalized spacial score (nSPS) is 27.4. The van der Waals surface area contributed by atoms with Gasteiger partial charge in [0.2, 0.25) is 0 Å². The Morgan fingerprint density at radius 1 is 1.20 bits per heavy atom. The summed E-state index contributed by atoms with van der Waals surface area (Å²) < 4.78 is 12.0. The van der Waals surface area contributed by atoms with E-state index < -0.39 is 17.7 Å². The number of carbonyl (C=O) groups excluding carboxylic acids is 1. The van der Waals surface area contributed by atoms with Gasteiger partial charge in [-0.25, -0.2) is 4.79 Å². The van der Waals surface area contributed by atoms with Crippen LogP contribution >= 0.6 is 0 Å². The van der Waals surface area contributed by atoms with Crippen molar-refractivity contribution in [1.82, 2.24) is 0 Å². The number of benzene rings is 1. The number of esters is 1. The van der Waals surface area contributed by atoms with Gasteiger partial charge in [-0.15, -0.1) is 0 Å². The molecule has 4 atom stereocenters. The quantitative estimate of drug-likeness (QED) is 0.579. The molecule has 4 nitrogen and oxygen atoms in total. The molecular weight excluding hydrogens is 376 g/mol. The molecule has 30 heavy (non-hydrogen) atoms. The van der Waals surface area contributed by atoms with Crippen LogP contribution in [0.15, 0.2) is 36.4 Å². The van der Waals surface area contributed by atoms with Crippen molar-refractivity contribution in [2.75, 3.05) is 6.61 Å². The molecule has 1 aromatic rings. The summed E-state index contributed by atoms with van der Waals surface area (Å²) in [6.07, 6.45) is 9.03. The maximum absolute atomic E-state index is 13.2. The maximum atomic E-state index is 13.2. The van der Waals surface area contributed by atoms with Gasteiger partial charge < -0.3 is 14.6 Å². The van der Waals surface area contributed by atoms with E-state index in [4.69, 9.17) is 9.47 Å². The molecular formula is C26H38O4. The molecule has 0 aliphatic heterocycles. The lowest BCUT2D eigenvalue weighted by atomic mass is 9.75. The molecule has 1 N–H and O–H groups in total. The molecule has 1 unspecified atom stereocenters. The number of hydrogen-bond donors (Lipinski definition) is 1. The summed E-state index contributed by atoms with van der Waals surface area (Å²) in [5.74, 6) is 1.01. The molecule has 0 bridgehead atoms. The predicted octanol–water partition coefficient (Wildman–Crippen LogP) is 5.39. The highest BCUT2D eigenvalue weighted by Crippen LogP contribution is 2.38. The molecule has 0 aromatic heterocycles. The van der Waals surface area contributed by atoms with Crippen LogP contribution < -0.4 is 0 Å². The van der Waals surface area contributed by atoms with Gasteiger partial charge in [-0.2, -0.15) is 0 Å². The number of hydrogen-bond acceptors (Lipinski definition) is 4. The summed E-state index contributed by atoms with van der Waals surface area (Å²) in [5, 5.41) is 11.1. The largest absolute Gasteiger partial charge is 0.460 e. The minimum Gasteiger partial charge on any atom is -0.460 e. The van der Waals surface area contributed by atoms with Gasteiger partial charge in [0.1, 0.15) is 11.7 Å². The zero-order valence-electron chi connectivity index (χ0n) is 18.8. The molecule has 0 heterocycles. The van der Waals surface area contributed by atoms with Crippen LogP contribution in [0.3, 0.4) is 0 Å². The lowest BCUT2D eigenvalue weighted by Crippen LogP contribution is -2.49. The van der Waals surface area contributed by atoms with E-state index in [0.29, 0.717) is 30.6 Å². The minimum absolute atomic E-state index is 0.0859. The van der Waals surface area contributed by atoms with E-state index in [1.54, 1.807) is 0 Å². The Bertz CT molecular complexity index is 690. The standard InChI is InChI=1S/C26H38O4/c1-19(2)22-14-13-20(3)18-23(22)30-25(27)24(26(28)15-7-8-16-26)29-17-9-12-21-10-5-4-6-11-21/h4-6,9-12,19-20,22-24,28H,7-8,13-18H2,1-3H3/b12-9-/t20-,22+,23-,24?/m1/s1. The lowest BCUT2D eigenvalue weighted by molar-refractivity contribution is -0.186. The lowest BCUT2D eigenvalue weighted by Gasteiger charge is -2.38. The average molecular weight is 415 g/mol. The smallest absolute Gasteiger partial charge is 0.338 e. The van der Waals surface area contributed by atoms with E-state index in [1.807, 2.05) is 42.5 Å². The van der Waals surface area contributed by atoms with Crippen molar-refractivity contribution < 1.29 is 19.4 Å². The summed E-state index contributed by atoms with van der Waals surface area (Å²) in [5.41, 5.74) is -0.0403. The van der Waals surface area contributed by atoms with Gasteiger partial charge in [-0.1, -0.05) is 82.5 Å².